The third kappa shape index (κ3) is 3.79. The van der Waals surface area contributed by atoms with E-state index >= 15 is 0 Å². The molecule has 0 radical (unpaired) electrons. The van der Waals surface area contributed by atoms with Crippen molar-refractivity contribution in [1.82, 2.24) is 0 Å². The number of hydrogen-bond donors (Lipinski definition) is 1. The van der Waals surface area contributed by atoms with E-state index in [0.717, 1.165) is 23.5 Å². The Morgan fingerprint density at radius 1 is 1.29 bits per heavy atom. The van der Waals surface area contributed by atoms with Gasteiger partial charge in [-0.1, -0.05) is 24.6 Å². The number of benzene rings is 1. The van der Waals surface area contributed by atoms with Crippen LogP contribution >= 0.6 is 0 Å². The van der Waals surface area contributed by atoms with Gasteiger partial charge in [0, 0.05) is 6.54 Å². The Bertz CT molecular complexity index is 380. The molecule has 3 nitrogen and oxygen atoms in total. The molecule has 2 N–H and O–H groups in total. The Balaban J connectivity index is 3.00. The zero-order valence-corrected chi connectivity index (χ0v) is 10.8. The molecule has 0 unspecified atom stereocenters. The molecule has 0 saturated heterocycles. The minimum absolute atomic E-state index is 0.589. The van der Waals surface area contributed by atoms with Crippen molar-refractivity contribution in [3.63, 3.8) is 0 Å². The Kier molecular flexibility index (Phi) is 5.57. The highest BCUT2D eigenvalue weighted by Gasteiger charge is 2.04. The Labute approximate surface area is 103 Å². The van der Waals surface area contributed by atoms with Gasteiger partial charge < -0.3 is 15.2 Å². The highest BCUT2D eigenvalue weighted by atomic mass is 16.5. The lowest BCUT2D eigenvalue weighted by atomic mass is 10.1. The van der Waals surface area contributed by atoms with E-state index in [9.17, 15) is 0 Å². The molecule has 0 aliphatic rings. The summed E-state index contributed by atoms with van der Waals surface area (Å²) in [5.74, 6) is 1.53. The van der Waals surface area contributed by atoms with Gasteiger partial charge in [0.15, 0.2) is 11.5 Å². The van der Waals surface area contributed by atoms with E-state index in [0.29, 0.717) is 13.2 Å². The van der Waals surface area contributed by atoms with E-state index in [-0.39, 0.29) is 0 Å². The summed E-state index contributed by atoms with van der Waals surface area (Å²) in [5.41, 5.74) is 7.96. The molecule has 0 bridgehead atoms. The van der Waals surface area contributed by atoms with Crippen molar-refractivity contribution >= 4 is 6.08 Å². The predicted octanol–water partition coefficient (Wildman–Crippen LogP) is 2.85. The predicted molar refractivity (Wildman–Crippen MR) is 71.5 cm³/mol. The fourth-order valence-electron chi connectivity index (χ4n) is 1.59. The summed E-state index contributed by atoms with van der Waals surface area (Å²) in [4.78, 5) is 0. The summed E-state index contributed by atoms with van der Waals surface area (Å²) in [6.45, 7) is 5.28. The summed E-state index contributed by atoms with van der Waals surface area (Å²) in [5, 5.41) is 0. The van der Waals surface area contributed by atoms with Crippen molar-refractivity contribution in [2.24, 2.45) is 5.73 Å². The highest BCUT2D eigenvalue weighted by Crippen LogP contribution is 2.28. The largest absolute Gasteiger partial charge is 0.493 e. The first-order chi connectivity index (χ1) is 8.24. The number of rotatable bonds is 6. The smallest absolute Gasteiger partial charge is 0.161 e. The van der Waals surface area contributed by atoms with E-state index < -0.39 is 0 Å². The lowest BCUT2D eigenvalue weighted by Gasteiger charge is -2.10. The van der Waals surface area contributed by atoms with Crippen LogP contribution in [0.2, 0.25) is 0 Å². The molecule has 0 aliphatic carbocycles. The standard InChI is InChI=1S/C14H21NO2/c1-4-11(10-15)8-12-6-7-13(17-5-2)14(9-12)16-3/h6-9H,4-5,10,15H2,1-3H3. The van der Waals surface area contributed by atoms with Crippen LogP contribution in [-0.4, -0.2) is 20.3 Å². The molecule has 0 fully saturated rings. The Morgan fingerprint density at radius 2 is 2.06 bits per heavy atom. The Morgan fingerprint density at radius 3 is 2.59 bits per heavy atom. The van der Waals surface area contributed by atoms with E-state index in [1.54, 1.807) is 7.11 Å². The zero-order chi connectivity index (χ0) is 12.7. The van der Waals surface area contributed by atoms with E-state index in [4.69, 9.17) is 15.2 Å². The van der Waals surface area contributed by atoms with Crippen molar-refractivity contribution < 1.29 is 9.47 Å². The summed E-state index contributed by atoms with van der Waals surface area (Å²) in [6.07, 6.45) is 3.06. The van der Waals surface area contributed by atoms with Crippen LogP contribution in [-0.2, 0) is 0 Å². The van der Waals surface area contributed by atoms with Crippen molar-refractivity contribution in [3.05, 3.63) is 29.3 Å². The van der Waals surface area contributed by atoms with Gasteiger partial charge in [-0.05, 0) is 31.0 Å². The second-order valence-electron chi connectivity index (χ2n) is 3.70. The molecule has 0 heterocycles. The van der Waals surface area contributed by atoms with E-state index in [1.165, 1.54) is 5.57 Å². The molecule has 0 aromatic heterocycles. The van der Waals surface area contributed by atoms with Crippen LogP contribution in [0.3, 0.4) is 0 Å². The summed E-state index contributed by atoms with van der Waals surface area (Å²) in [6, 6.07) is 5.91. The molecule has 1 aromatic rings. The van der Waals surface area contributed by atoms with Gasteiger partial charge in [-0.25, -0.2) is 0 Å². The van der Waals surface area contributed by atoms with Gasteiger partial charge in [0.05, 0.1) is 13.7 Å². The van der Waals surface area contributed by atoms with E-state index in [1.807, 2.05) is 25.1 Å². The fraction of sp³-hybridized carbons (Fsp3) is 0.429. The zero-order valence-electron chi connectivity index (χ0n) is 10.8. The van der Waals surface area contributed by atoms with Gasteiger partial charge in [0.25, 0.3) is 0 Å². The lowest BCUT2D eigenvalue weighted by Crippen LogP contribution is -2.01. The van der Waals surface area contributed by atoms with Gasteiger partial charge in [-0.3, -0.25) is 0 Å². The quantitative estimate of drug-likeness (QED) is 0.824. The second kappa shape index (κ2) is 6.97. The van der Waals surface area contributed by atoms with Crippen LogP contribution in [0, 0.1) is 0 Å². The monoisotopic (exact) mass is 235 g/mol. The average molecular weight is 235 g/mol. The molecular weight excluding hydrogens is 214 g/mol. The first-order valence-electron chi connectivity index (χ1n) is 5.95. The number of hydrogen-bond acceptors (Lipinski definition) is 3. The molecule has 0 spiro atoms. The molecule has 0 atom stereocenters. The molecule has 1 aromatic carbocycles. The summed E-state index contributed by atoms with van der Waals surface area (Å²) < 4.78 is 10.8. The van der Waals surface area contributed by atoms with Crippen molar-refractivity contribution in [3.8, 4) is 11.5 Å². The number of methoxy groups -OCH3 is 1. The minimum Gasteiger partial charge on any atom is -0.493 e. The first-order valence-corrected chi connectivity index (χ1v) is 5.95. The molecule has 0 saturated carbocycles. The van der Waals surface area contributed by atoms with Crippen LogP contribution < -0.4 is 15.2 Å². The Hall–Kier alpha value is -1.48. The lowest BCUT2D eigenvalue weighted by molar-refractivity contribution is 0.311. The topological polar surface area (TPSA) is 44.5 Å². The maximum absolute atomic E-state index is 5.66. The van der Waals surface area contributed by atoms with Crippen LogP contribution in [0.15, 0.2) is 23.8 Å². The third-order valence-electron chi connectivity index (χ3n) is 2.57. The van der Waals surface area contributed by atoms with Gasteiger partial charge >= 0.3 is 0 Å². The first kappa shape index (κ1) is 13.6. The van der Waals surface area contributed by atoms with Crippen molar-refractivity contribution in [1.29, 1.82) is 0 Å². The number of nitrogens with two attached hydrogens (primary N) is 1. The maximum atomic E-state index is 5.66. The van der Waals surface area contributed by atoms with Crippen LogP contribution in [0.25, 0.3) is 6.08 Å². The molecule has 1 rings (SSSR count). The van der Waals surface area contributed by atoms with Gasteiger partial charge in [-0.2, -0.15) is 0 Å². The minimum atomic E-state index is 0.589. The van der Waals surface area contributed by atoms with Gasteiger partial charge in [0.2, 0.25) is 0 Å². The van der Waals surface area contributed by atoms with Crippen molar-refractivity contribution in [2.45, 2.75) is 20.3 Å². The molecule has 0 amide bonds. The van der Waals surface area contributed by atoms with Gasteiger partial charge in [-0.15, -0.1) is 0 Å². The molecule has 3 heteroatoms. The number of ether oxygens (including phenoxy) is 2. The maximum Gasteiger partial charge on any atom is 0.161 e. The molecular formula is C14H21NO2. The molecule has 17 heavy (non-hydrogen) atoms. The van der Waals surface area contributed by atoms with Crippen LogP contribution in [0.5, 0.6) is 11.5 Å². The summed E-state index contributed by atoms with van der Waals surface area (Å²) >= 11 is 0. The highest BCUT2D eigenvalue weighted by molar-refractivity contribution is 5.58. The van der Waals surface area contributed by atoms with Gasteiger partial charge in [0.1, 0.15) is 0 Å². The van der Waals surface area contributed by atoms with Crippen LogP contribution in [0.4, 0.5) is 0 Å². The SMILES string of the molecule is CCOc1ccc(C=C(CC)CN)cc1OC. The second-order valence-corrected chi connectivity index (χ2v) is 3.70. The van der Waals surface area contributed by atoms with E-state index in [2.05, 4.69) is 13.0 Å². The van der Waals surface area contributed by atoms with Crippen molar-refractivity contribution in [2.75, 3.05) is 20.3 Å². The molecule has 94 valence electrons. The normalized spacial score (nSPS) is 11.4. The fourth-order valence-corrected chi connectivity index (χ4v) is 1.59. The van der Waals surface area contributed by atoms with Crippen LogP contribution in [0.1, 0.15) is 25.8 Å². The third-order valence-corrected chi connectivity index (χ3v) is 2.57. The average Bonchev–Trinajstić information content (AvgIpc) is 2.37. The summed E-state index contributed by atoms with van der Waals surface area (Å²) in [7, 11) is 1.65. The molecule has 0 aliphatic heterocycles.